The fraction of sp³-hybridized carbons (Fsp3) is 0.375. The third-order valence-corrected chi connectivity index (χ3v) is 3.83. The highest BCUT2D eigenvalue weighted by molar-refractivity contribution is 5.92. The Morgan fingerprint density at radius 1 is 1.45 bits per heavy atom. The lowest BCUT2D eigenvalue weighted by atomic mass is 10.1. The molecule has 0 bridgehead atoms. The molecule has 6 heteroatoms. The molecule has 0 unspecified atom stereocenters. The summed E-state index contributed by atoms with van der Waals surface area (Å²) in [6.45, 7) is 2.21. The van der Waals surface area contributed by atoms with E-state index in [1.807, 2.05) is 10.9 Å². The molecular formula is C16H19FN4O. The summed E-state index contributed by atoms with van der Waals surface area (Å²) in [4.78, 5) is 12.1. The Kier molecular flexibility index (Phi) is 4.48. The van der Waals surface area contributed by atoms with Crippen LogP contribution >= 0.6 is 0 Å². The average Bonchev–Trinajstić information content (AvgIpc) is 3.04. The van der Waals surface area contributed by atoms with Gasteiger partial charge in [-0.05, 0) is 43.1 Å². The lowest BCUT2D eigenvalue weighted by Gasteiger charge is -2.22. The summed E-state index contributed by atoms with van der Waals surface area (Å²) in [5.74, 6) is -0.549. The maximum absolute atomic E-state index is 13.1. The van der Waals surface area contributed by atoms with Crippen molar-refractivity contribution in [2.45, 2.75) is 25.4 Å². The first-order chi connectivity index (χ1) is 10.7. The first-order valence-corrected chi connectivity index (χ1v) is 7.51. The molecule has 1 aliphatic rings. The number of hydrogen-bond acceptors (Lipinski definition) is 3. The van der Waals surface area contributed by atoms with Crippen LogP contribution in [0.25, 0.3) is 0 Å². The van der Waals surface area contributed by atoms with Crippen LogP contribution in [0, 0.1) is 5.82 Å². The Morgan fingerprint density at radius 2 is 2.36 bits per heavy atom. The van der Waals surface area contributed by atoms with Crippen LogP contribution in [0.15, 0.2) is 36.5 Å². The average molecular weight is 302 g/mol. The van der Waals surface area contributed by atoms with E-state index in [1.165, 1.54) is 12.1 Å². The first kappa shape index (κ1) is 14.7. The zero-order valence-electron chi connectivity index (χ0n) is 12.3. The van der Waals surface area contributed by atoms with Crippen molar-refractivity contribution < 1.29 is 9.18 Å². The molecule has 3 rings (SSSR count). The number of rotatable bonds is 4. The molecule has 0 aliphatic carbocycles. The predicted molar refractivity (Wildman–Crippen MR) is 80.9 cm³/mol. The summed E-state index contributed by atoms with van der Waals surface area (Å²) >= 11 is 0. The van der Waals surface area contributed by atoms with Crippen LogP contribution in [0.4, 0.5) is 4.39 Å². The molecule has 116 valence electrons. The van der Waals surface area contributed by atoms with Crippen LogP contribution in [-0.4, -0.2) is 28.8 Å². The van der Waals surface area contributed by atoms with Gasteiger partial charge < -0.3 is 10.6 Å². The molecule has 2 aromatic rings. The SMILES string of the molecule is O=C(NCc1cccc(F)c1)c1ccn([C@@H]2CCCNC2)n1. The fourth-order valence-corrected chi connectivity index (χ4v) is 2.64. The Hall–Kier alpha value is -2.21. The highest BCUT2D eigenvalue weighted by Gasteiger charge is 2.17. The number of halogens is 1. The van der Waals surface area contributed by atoms with E-state index in [-0.39, 0.29) is 18.3 Å². The second-order valence-electron chi connectivity index (χ2n) is 5.49. The molecule has 0 radical (unpaired) electrons. The lowest BCUT2D eigenvalue weighted by molar-refractivity contribution is 0.0944. The van der Waals surface area contributed by atoms with Gasteiger partial charge in [-0.3, -0.25) is 9.48 Å². The van der Waals surface area contributed by atoms with Crippen LogP contribution in [0.3, 0.4) is 0 Å². The number of benzene rings is 1. The Bertz CT molecular complexity index is 649. The van der Waals surface area contributed by atoms with Crippen LogP contribution < -0.4 is 10.6 Å². The number of aromatic nitrogens is 2. The summed E-state index contributed by atoms with van der Waals surface area (Å²) in [6.07, 6.45) is 4.03. The molecule has 1 saturated heterocycles. The van der Waals surface area contributed by atoms with Crippen LogP contribution in [0.5, 0.6) is 0 Å². The van der Waals surface area contributed by atoms with Gasteiger partial charge >= 0.3 is 0 Å². The van der Waals surface area contributed by atoms with E-state index in [2.05, 4.69) is 15.7 Å². The standard InChI is InChI=1S/C16H19FN4O/c17-13-4-1-3-12(9-13)10-19-16(22)15-6-8-21(20-15)14-5-2-7-18-11-14/h1,3-4,6,8-9,14,18H,2,5,7,10-11H2,(H,19,22)/t14-/m1/s1. The fourth-order valence-electron chi connectivity index (χ4n) is 2.64. The molecule has 1 fully saturated rings. The van der Waals surface area contributed by atoms with Gasteiger partial charge in [0, 0.05) is 19.3 Å². The second-order valence-corrected chi connectivity index (χ2v) is 5.49. The minimum Gasteiger partial charge on any atom is -0.347 e. The number of nitrogens with zero attached hydrogens (tertiary/aromatic N) is 2. The van der Waals surface area contributed by atoms with Crippen LogP contribution in [-0.2, 0) is 6.54 Å². The molecule has 2 heterocycles. The number of piperidine rings is 1. The van der Waals surface area contributed by atoms with Gasteiger partial charge in [-0.15, -0.1) is 0 Å². The van der Waals surface area contributed by atoms with Gasteiger partial charge in [0.25, 0.3) is 5.91 Å². The highest BCUT2D eigenvalue weighted by atomic mass is 19.1. The van der Waals surface area contributed by atoms with Crippen LogP contribution in [0.2, 0.25) is 0 Å². The molecule has 0 spiro atoms. The van der Waals surface area contributed by atoms with Gasteiger partial charge in [0.05, 0.1) is 6.04 Å². The Balaban J connectivity index is 1.59. The summed E-state index contributed by atoms with van der Waals surface area (Å²) in [7, 11) is 0. The molecule has 1 aliphatic heterocycles. The molecular weight excluding hydrogens is 283 g/mol. The van der Waals surface area contributed by atoms with Crippen molar-refractivity contribution >= 4 is 5.91 Å². The molecule has 22 heavy (non-hydrogen) atoms. The zero-order valence-corrected chi connectivity index (χ0v) is 12.3. The minimum absolute atomic E-state index is 0.244. The molecule has 1 atom stereocenters. The summed E-state index contributed by atoms with van der Waals surface area (Å²) in [6, 6.07) is 8.21. The Labute approximate surface area is 128 Å². The summed E-state index contributed by atoms with van der Waals surface area (Å²) in [5.41, 5.74) is 1.12. The van der Waals surface area contributed by atoms with Crippen molar-refractivity contribution in [3.05, 3.63) is 53.6 Å². The maximum Gasteiger partial charge on any atom is 0.272 e. The smallest absolute Gasteiger partial charge is 0.272 e. The van der Waals surface area contributed by atoms with E-state index in [1.54, 1.807) is 18.2 Å². The summed E-state index contributed by atoms with van der Waals surface area (Å²) in [5, 5.41) is 10.4. The zero-order chi connectivity index (χ0) is 15.4. The second kappa shape index (κ2) is 6.70. The van der Waals surface area contributed by atoms with E-state index in [9.17, 15) is 9.18 Å². The maximum atomic E-state index is 13.1. The van der Waals surface area contributed by atoms with E-state index in [0.29, 0.717) is 11.7 Å². The lowest BCUT2D eigenvalue weighted by Crippen LogP contribution is -2.32. The third-order valence-electron chi connectivity index (χ3n) is 3.83. The van der Waals surface area contributed by atoms with Crippen molar-refractivity contribution in [3.8, 4) is 0 Å². The monoisotopic (exact) mass is 302 g/mol. The first-order valence-electron chi connectivity index (χ1n) is 7.51. The molecule has 1 aromatic heterocycles. The minimum atomic E-state index is -0.305. The number of amides is 1. The van der Waals surface area contributed by atoms with Gasteiger partial charge in [-0.1, -0.05) is 12.1 Å². The molecule has 2 N–H and O–H groups in total. The Morgan fingerprint density at radius 3 is 3.14 bits per heavy atom. The van der Waals surface area contributed by atoms with E-state index in [4.69, 9.17) is 0 Å². The van der Waals surface area contributed by atoms with Crippen molar-refractivity contribution in [2.24, 2.45) is 0 Å². The van der Waals surface area contributed by atoms with E-state index >= 15 is 0 Å². The summed E-state index contributed by atoms with van der Waals surface area (Å²) < 4.78 is 14.9. The van der Waals surface area contributed by atoms with Crippen molar-refractivity contribution in [1.82, 2.24) is 20.4 Å². The van der Waals surface area contributed by atoms with Gasteiger partial charge in [0.15, 0.2) is 0 Å². The van der Waals surface area contributed by atoms with Gasteiger partial charge in [-0.25, -0.2) is 4.39 Å². The quantitative estimate of drug-likeness (QED) is 0.906. The topological polar surface area (TPSA) is 59.0 Å². The van der Waals surface area contributed by atoms with Gasteiger partial charge in [0.2, 0.25) is 0 Å². The molecule has 1 aromatic carbocycles. The number of carbonyl (C=O) groups excluding carboxylic acids is 1. The van der Waals surface area contributed by atoms with Crippen molar-refractivity contribution in [3.63, 3.8) is 0 Å². The third kappa shape index (κ3) is 3.51. The predicted octanol–water partition coefficient (Wildman–Crippen LogP) is 1.88. The van der Waals surface area contributed by atoms with Crippen molar-refractivity contribution in [1.29, 1.82) is 0 Å². The van der Waals surface area contributed by atoms with E-state index in [0.717, 1.165) is 31.5 Å². The normalized spacial score (nSPS) is 18.1. The number of carbonyl (C=O) groups is 1. The van der Waals surface area contributed by atoms with Crippen molar-refractivity contribution in [2.75, 3.05) is 13.1 Å². The molecule has 1 amide bonds. The number of nitrogens with one attached hydrogen (secondary N) is 2. The largest absolute Gasteiger partial charge is 0.347 e. The van der Waals surface area contributed by atoms with Gasteiger partial charge in [-0.2, -0.15) is 5.10 Å². The van der Waals surface area contributed by atoms with E-state index < -0.39 is 0 Å². The van der Waals surface area contributed by atoms with Gasteiger partial charge in [0.1, 0.15) is 11.5 Å². The van der Waals surface area contributed by atoms with Crippen LogP contribution in [0.1, 0.15) is 34.9 Å². The molecule has 5 nitrogen and oxygen atoms in total. The highest BCUT2D eigenvalue weighted by Crippen LogP contribution is 2.15. The molecule has 0 saturated carbocycles. The number of hydrogen-bond donors (Lipinski definition) is 2.